The molecule has 21 heavy (non-hydrogen) atoms. The summed E-state index contributed by atoms with van der Waals surface area (Å²) in [7, 11) is -3.50. The lowest BCUT2D eigenvalue weighted by Crippen LogP contribution is -2.41. The van der Waals surface area contributed by atoms with E-state index in [9.17, 15) is 8.42 Å². The highest BCUT2D eigenvalue weighted by atomic mass is 32.2. The third kappa shape index (κ3) is 3.81. The molecule has 2 unspecified atom stereocenters. The zero-order valence-corrected chi connectivity index (χ0v) is 14.1. The van der Waals surface area contributed by atoms with E-state index in [1.165, 1.54) is 6.42 Å². The van der Waals surface area contributed by atoms with Crippen LogP contribution < -0.4 is 10.5 Å². The summed E-state index contributed by atoms with van der Waals surface area (Å²) in [6, 6.07) is 4.99. The number of nitrogens with one attached hydrogen (secondary N) is 1. The monoisotopic (exact) mass is 326 g/mol. The molecule has 0 aliphatic heterocycles. The molecule has 0 saturated heterocycles. The predicted molar refractivity (Wildman–Crippen MR) is 88.8 cm³/mol. The average Bonchev–Trinajstić information content (AvgIpc) is 2.40. The Morgan fingerprint density at radius 3 is 2.57 bits per heavy atom. The highest BCUT2D eigenvalue weighted by Gasteiger charge is 2.27. The molecule has 3 N–H and O–H groups in total. The second kappa shape index (κ2) is 6.42. The molecule has 0 bridgehead atoms. The van der Waals surface area contributed by atoms with E-state index in [1.54, 1.807) is 25.1 Å². The van der Waals surface area contributed by atoms with Crippen molar-refractivity contribution in [2.45, 2.75) is 50.5 Å². The standard InChI is InChI=1S/C15H22N2O2S2/c1-10-5-3-4-6-13(10)17-21(18,19)14-8-7-12(15(16)20)9-11(14)2/h7-10,13,17H,3-6H2,1-2H3,(H2,16,20). The number of rotatable bonds is 4. The highest BCUT2D eigenvalue weighted by Crippen LogP contribution is 2.26. The SMILES string of the molecule is Cc1cc(C(N)=S)ccc1S(=O)(=O)NC1CCCCC1C. The number of sulfonamides is 1. The summed E-state index contributed by atoms with van der Waals surface area (Å²) in [6.45, 7) is 3.87. The number of thiocarbonyl (C=S) groups is 1. The summed E-state index contributed by atoms with van der Waals surface area (Å²) in [5, 5.41) is 0. The molecular weight excluding hydrogens is 304 g/mol. The van der Waals surface area contributed by atoms with E-state index in [4.69, 9.17) is 18.0 Å². The fraction of sp³-hybridized carbons (Fsp3) is 0.533. The first kappa shape index (κ1) is 16.4. The second-order valence-corrected chi connectivity index (χ2v) is 7.96. The van der Waals surface area contributed by atoms with Gasteiger partial charge in [-0.2, -0.15) is 0 Å². The maximum atomic E-state index is 12.6. The summed E-state index contributed by atoms with van der Waals surface area (Å²) in [5.74, 6) is 0.379. The van der Waals surface area contributed by atoms with Crippen molar-refractivity contribution in [3.8, 4) is 0 Å². The fourth-order valence-electron chi connectivity index (χ4n) is 2.86. The van der Waals surface area contributed by atoms with Crippen molar-refractivity contribution >= 4 is 27.2 Å². The van der Waals surface area contributed by atoms with E-state index < -0.39 is 10.0 Å². The number of hydrogen-bond acceptors (Lipinski definition) is 3. The molecule has 1 fully saturated rings. The Balaban J connectivity index is 2.25. The van der Waals surface area contributed by atoms with Crippen LogP contribution in [0.2, 0.25) is 0 Å². The number of nitrogens with two attached hydrogens (primary N) is 1. The van der Waals surface area contributed by atoms with Gasteiger partial charge >= 0.3 is 0 Å². The topological polar surface area (TPSA) is 72.2 Å². The van der Waals surface area contributed by atoms with Crippen LogP contribution in [0.15, 0.2) is 23.1 Å². The van der Waals surface area contributed by atoms with E-state index in [1.807, 2.05) is 0 Å². The Kier molecular flexibility index (Phi) is 5.01. The lowest BCUT2D eigenvalue weighted by Gasteiger charge is -2.29. The molecule has 2 rings (SSSR count). The average molecular weight is 326 g/mol. The second-order valence-electron chi connectivity index (χ2n) is 5.83. The lowest BCUT2D eigenvalue weighted by molar-refractivity contribution is 0.310. The summed E-state index contributed by atoms with van der Waals surface area (Å²) < 4.78 is 28.0. The van der Waals surface area contributed by atoms with E-state index in [2.05, 4.69) is 11.6 Å². The predicted octanol–water partition coefficient (Wildman–Crippen LogP) is 2.49. The van der Waals surface area contributed by atoms with Gasteiger partial charge in [0.15, 0.2) is 0 Å². The van der Waals surface area contributed by atoms with Crippen LogP contribution in [0.3, 0.4) is 0 Å². The van der Waals surface area contributed by atoms with Crippen LogP contribution in [0.25, 0.3) is 0 Å². The van der Waals surface area contributed by atoms with Crippen molar-refractivity contribution in [2.24, 2.45) is 11.7 Å². The molecule has 116 valence electrons. The third-order valence-corrected chi connectivity index (χ3v) is 6.05. The number of aryl methyl sites for hydroxylation is 1. The first-order chi connectivity index (χ1) is 9.81. The molecule has 0 spiro atoms. The molecule has 0 amide bonds. The Hall–Kier alpha value is -0.980. The summed E-state index contributed by atoms with van der Waals surface area (Å²) >= 11 is 4.92. The molecule has 0 aromatic heterocycles. The highest BCUT2D eigenvalue weighted by molar-refractivity contribution is 7.89. The molecule has 1 aromatic rings. The van der Waals surface area contributed by atoms with Gasteiger partial charge in [-0.05, 0) is 43.4 Å². The number of benzene rings is 1. The maximum absolute atomic E-state index is 12.6. The Labute approximate surface area is 132 Å². The minimum absolute atomic E-state index is 0.0263. The van der Waals surface area contributed by atoms with Crippen LogP contribution in [-0.4, -0.2) is 19.4 Å². The normalized spacial score (nSPS) is 23.0. The van der Waals surface area contributed by atoms with Crippen LogP contribution in [0.4, 0.5) is 0 Å². The first-order valence-electron chi connectivity index (χ1n) is 7.24. The van der Waals surface area contributed by atoms with E-state index in [0.29, 0.717) is 21.9 Å². The smallest absolute Gasteiger partial charge is 0.241 e. The zero-order chi connectivity index (χ0) is 15.6. The fourth-order valence-corrected chi connectivity index (χ4v) is 4.59. The van der Waals surface area contributed by atoms with Gasteiger partial charge in [-0.15, -0.1) is 0 Å². The van der Waals surface area contributed by atoms with E-state index in [-0.39, 0.29) is 11.0 Å². The van der Waals surface area contributed by atoms with Crippen LogP contribution in [0.5, 0.6) is 0 Å². The molecule has 0 heterocycles. The largest absolute Gasteiger partial charge is 0.389 e. The summed E-state index contributed by atoms with van der Waals surface area (Å²) in [4.78, 5) is 0.580. The molecule has 1 aliphatic rings. The van der Waals surface area contributed by atoms with Crippen molar-refractivity contribution < 1.29 is 8.42 Å². The molecule has 1 aliphatic carbocycles. The molecular formula is C15H22N2O2S2. The Bertz CT molecular complexity index is 641. The van der Waals surface area contributed by atoms with Gasteiger partial charge in [-0.3, -0.25) is 0 Å². The van der Waals surface area contributed by atoms with Gasteiger partial charge in [0.05, 0.1) is 4.90 Å². The molecule has 6 heteroatoms. The summed E-state index contributed by atoms with van der Waals surface area (Å²) in [5.41, 5.74) is 6.93. The van der Waals surface area contributed by atoms with Crippen LogP contribution in [0, 0.1) is 12.8 Å². The molecule has 1 saturated carbocycles. The molecule has 0 radical (unpaired) electrons. The van der Waals surface area contributed by atoms with Crippen LogP contribution in [0.1, 0.15) is 43.7 Å². The molecule has 4 nitrogen and oxygen atoms in total. The van der Waals surface area contributed by atoms with Crippen LogP contribution >= 0.6 is 12.2 Å². The zero-order valence-electron chi connectivity index (χ0n) is 12.4. The van der Waals surface area contributed by atoms with Crippen molar-refractivity contribution in [3.05, 3.63) is 29.3 Å². The van der Waals surface area contributed by atoms with Gasteiger partial charge in [0.2, 0.25) is 10.0 Å². The Morgan fingerprint density at radius 2 is 2.00 bits per heavy atom. The van der Waals surface area contributed by atoms with Crippen LogP contribution in [-0.2, 0) is 10.0 Å². The van der Waals surface area contributed by atoms with Gasteiger partial charge in [-0.1, -0.05) is 38.0 Å². The van der Waals surface area contributed by atoms with Gasteiger partial charge in [0.25, 0.3) is 0 Å². The quantitative estimate of drug-likeness (QED) is 0.834. The van der Waals surface area contributed by atoms with Crippen molar-refractivity contribution in [1.29, 1.82) is 0 Å². The van der Waals surface area contributed by atoms with Gasteiger partial charge in [0.1, 0.15) is 4.99 Å². The minimum atomic E-state index is -3.50. The maximum Gasteiger partial charge on any atom is 0.241 e. The first-order valence-corrected chi connectivity index (χ1v) is 9.13. The number of hydrogen-bond donors (Lipinski definition) is 2. The van der Waals surface area contributed by atoms with Crippen molar-refractivity contribution in [1.82, 2.24) is 4.72 Å². The van der Waals surface area contributed by atoms with E-state index >= 15 is 0 Å². The van der Waals surface area contributed by atoms with E-state index in [0.717, 1.165) is 19.3 Å². The third-order valence-electron chi connectivity index (χ3n) is 4.17. The molecule has 2 atom stereocenters. The van der Waals surface area contributed by atoms with Gasteiger partial charge in [0, 0.05) is 11.6 Å². The van der Waals surface area contributed by atoms with Crippen molar-refractivity contribution in [3.63, 3.8) is 0 Å². The Morgan fingerprint density at radius 1 is 1.33 bits per heavy atom. The summed E-state index contributed by atoms with van der Waals surface area (Å²) in [6.07, 6.45) is 4.24. The lowest BCUT2D eigenvalue weighted by atomic mass is 9.87. The van der Waals surface area contributed by atoms with Crippen molar-refractivity contribution in [2.75, 3.05) is 0 Å². The van der Waals surface area contributed by atoms with Gasteiger partial charge < -0.3 is 5.73 Å². The molecule has 1 aromatic carbocycles. The van der Waals surface area contributed by atoms with Gasteiger partial charge in [-0.25, -0.2) is 13.1 Å². The minimum Gasteiger partial charge on any atom is -0.389 e.